The number of carbonyl (C=O) groups is 13. The van der Waals surface area contributed by atoms with Crippen LogP contribution in [0.1, 0.15) is 174 Å². The number of aryl methyl sites for hydroxylation is 1. The van der Waals surface area contributed by atoms with Gasteiger partial charge in [-0.25, -0.2) is 0 Å². The predicted molar refractivity (Wildman–Crippen MR) is 379 cm³/mol. The summed E-state index contributed by atoms with van der Waals surface area (Å²) >= 11 is 6.17. The number of benzene rings is 1. The topological polar surface area (TPSA) is 290 Å². The highest BCUT2D eigenvalue weighted by molar-refractivity contribution is 6.31. The van der Waals surface area contributed by atoms with Crippen molar-refractivity contribution in [2.75, 3.05) is 90.6 Å². The van der Waals surface area contributed by atoms with Gasteiger partial charge in [0.2, 0.25) is 76.8 Å². The Morgan fingerprint density at radius 2 is 1.26 bits per heavy atom. The molecule has 2 saturated heterocycles. The molecule has 0 bridgehead atoms. The van der Waals surface area contributed by atoms with Crippen LogP contribution in [0.25, 0.3) is 0 Å². The first-order chi connectivity index (χ1) is 48.2. The van der Waals surface area contributed by atoms with Crippen LogP contribution in [0.2, 0.25) is 5.02 Å². The molecule has 1 aromatic rings. The summed E-state index contributed by atoms with van der Waals surface area (Å²) in [6, 6.07) is -8.92. The van der Waals surface area contributed by atoms with Crippen molar-refractivity contribution >= 4 is 88.4 Å². The second-order valence-electron chi connectivity index (χ2n) is 30.4. The van der Waals surface area contributed by atoms with Gasteiger partial charge in [-0.3, -0.25) is 62.3 Å². The Hall–Kier alpha value is -7.59. The standard InChI is InChI=1S/C73H113ClF3N13O13/c1-17-44(4)60-69(101)84(11)45(5)64(96)90-36-33-52(90)68(100)87(14)55(39-46-25-19-18-20-26-46)67(99)83(10)42-57(91)78-51(32-30-47-29-31-49(50(74)38-47)73(75,76)77)65(97)86(13)54(40-58(92)81(6)7)63(95)80-72(34-23-24-35-72)71(103)89(16)61(48-27-21-22-28-48)70(102)88(15)56(66(98)82(8)9)41-59(93)85(12)53(37-43(2)3)62(94)79-60/h29,31,38,43-46,48,51-56,60-61H,17-28,30,32-37,39-42H2,1-16H3,(H,78,91)(H,79,94)(H,80,95)/t44-,45-,51-,52-,53-,54-,55+,56-,60-,61-/m0/s1. The van der Waals surface area contributed by atoms with Gasteiger partial charge in [0.15, 0.2) is 0 Å². The first kappa shape index (κ1) is 84.3. The van der Waals surface area contributed by atoms with Crippen LogP contribution in [0.5, 0.6) is 0 Å². The third-order valence-corrected chi connectivity index (χ3v) is 22.6. The molecule has 2 heterocycles. The summed E-state index contributed by atoms with van der Waals surface area (Å²) in [7, 11) is 15.4. The van der Waals surface area contributed by atoms with Gasteiger partial charge in [0, 0.05) is 84.1 Å². The second-order valence-corrected chi connectivity index (χ2v) is 30.8. The lowest BCUT2D eigenvalue weighted by atomic mass is 9.84. The van der Waals surface area contributed by atoms with Crippen LogP contribution in [-0.2, 0) is 74.9 Å². The van der Waals surface area contributed by atoms with Crippen LogP contribution in [-0.4, -0.2) is 276 Å². The summed E-state index contributed by atoms with van der Waals surface area (Å²) < 4.78 is 41.8. The number of carbonyl (C=O) groups excluding carboxylic acids is 13. The van der Waals surface area contributed by atoms with Gasteiger partial charge in [-0.15, -0.1) is 0 Å². The fourth-order valence-corrected chi connectivity index (χ4v) is 15.5. The molecule has 30 heteroatoms. The molecule has 3 saturated carbocycles. The summed E-state index contributed by atoms with van der Waals surface area (Å²) in [5.74, 6) is -10.5. The Morgan fingerprint density at radius 1 is 0.660 bits per heavy atom. The summed E-state index contributed by atoms with van der Waals surface area (Å²) in [4.78, 5) is 206. The van der Waals surface area contributed by atoms with Gasteiger partial charge in [-0.2, -0.15) is 13.2 Å². The maximum Gasteiger partial charge on any atom is 0.417 e. The number of rotatable bonds is 13. The molecule has 576 valence electrons. The second kappa shape index (κ2) is 36.4. The number of nitrogens with one attached hydrogen (secondary N) is 3. The highest BCUT2D eigenvalue weighted by atomic mass is 35.5. The Morgan fingerprint density at radius 3 is 1.81 bits per heavy atom. The zero-order chi connectivity index (χ0) is 77.0. The maximum absolute atomic E-state index is 15.7. The molecule has 26 nitrogen and oxygen atoms in total. The van der Waals surface area contributed by atoms with Gasteiger partial charge in [0.05, 0.1) is 30.0 Å². The molecule has 0 radical (unpaired) electrons. The summed E-state index contributed by atoms with van der Waals surface area (Å²) in [6.07, 6.45) is 1.81. The molecule has 5 fully saturated rings. The van der Waals surface area contributed by atoms with Crippen LogP contribution in [0.15, 0.2) is 18.2 Å². The molecule has 0 aromatic heterocycles. The highest BCUT2D eigenvalue weighted by Gasteiger charge is 2.52. The number of hydrogen-bond acceptors (Lipinski definition) is 13. The predicted octanol–water partition coefficient (Wildman–Crippen LogP) is 4.95. The van der Waals surface area contributed by atoms with Crippen molar-refractivity contribution in [2.24, 2.45) is 23.7 Å². The third kappa shape index (κ3) is 20.5. The SMILES string of the molecule is CC[C@H](C)[C@@H]1NC(=O)[C@H](CC(C)C)N(C)C(=O)C[C@@H](C(=O)N(C)C)N(C)C(=O)[C@H](C2CCCC2)N(C)C(=O)C2(CCCC2)NC(=O)[C@H](CC(=O)N(C)C)N(C)C(=O)[C@H](CCc2ccc(C(F)(F)F)c(Cl)c2)NC(=O)CN(C)C(=O)[C@@H](CC2CCCCC2)N(C)C(=O)[C@@H]2CCN2C(=O)[C@H](C)N(C)C1=O. The van der Waals surface area contributed by atoms with E-state index in [-0.39, 0.29) is 68.9 Å². The largest absolute Gasteiger partial charge is 0.417 e. The average molecular weight is 1470 g/mol. The molecule has 103 heavy (non-hydrogen) atoms. The number of fused-ring (bicyclic) bond motifs is 1. The van der Waals surface area contributed by atoms with Crippen molar-refractivity contribution in [3.05, 3.63) is 34.3 Å². The van der Waals surface area contributed by atoms with Crippen LogP contribution in [0.3, 0.4) is 0 Å². The van der Waals surface area contributed by atoms with Crippen molar-refractivity contribution in [1.82, 2.24) is 64.9 Å². The van der Waals surface area contributed by atoms with E-state index in [1.165, 1.54) is 119 Å². The molecular weight excluding hydrogens is 1360 g/mol. The smallest absolute Gasteiger partial charge is 0.349 e. The van der Waals surface area contributed by atoms with Gasteiger partial charge < -0.3 is 64.9 Å². The van der Waals surface area contributed by atoms with E-state index in [9.17, 15) is 51.5 Å². The van der Waals surface area contributed by atoms with E-state index in [4.69, 9.17) is 11.6 Å². The number of nitrogens with zero attached hydrogens (tertiary/aromatic N) is 10. The van der Waals surface area contributed by atoms with Crippen LogP contribution in [0, 0.1) is 23.7 Å². The molecule has 6 rings (SSSR count). The Balaban J connectivity index is 1.48. The van der Waals surface area contributed by atoms with E-state index in [0.717, 1.165) is 65.0 Å². The monoisotopic (exact) mass is 1470 g/mol. The quantitative estimate of drug-likeness (QED) is 0.236. The number of alkyl halides is 3. The van der Waals surface area contributed by atoms with Crippen molar-refractivity contribution in [1.29, 1.82) is 0 Å². The molecular formula is C73H113ClF3N13O13. The number of likely N-dealkylation sites (N-methyl/N-ethyl adjacent to an activating group) is 8. The minimum atomic E-state index is -4.80. The molecule has 2 aliphatic heterocycles. The van der Waals surface area contributed by atoms with Gasteiger partial charge in [-0.05, 0) is 106 Å². The van der Waals surface area contributed by atoms with E-state index in [1.54, 1.807) is 6.92 Å². The average Bonchev–Trinajstić information content (AvgIpc) is 1.43. The zero-order valence-corrected chi connectivity index (χ0v) is 64.0. The number of halogens is 4. The van der Waals surface area contributed by atoms with Gasteiger partial charge >= 0.3 is 6.18 Å². The van der Waals surface area contributed by atoms with Crippen LogP contribution < -0.4 is 16.0 Å². The molecule has 1 aromatic carbocycles. The first-order valence-corrected chi connectivity index (χ1v) is 36.9. The molecule has 13 amide bonds. The molecule has 5 aliphatic rings. The van der Waals surface area contributed by atoms with E-state index in [1.807, 2.05) is 20.8 Å². The number of amides is 13. The van der Waals surface area contributed by atoms with Gasteiger partial charge in [0.25, 0.3) is 0 Å². The minimum absolute atomic E-state index is 0.0141. The third-order valence-electron chi connectivity index (χ3n) is 22.3. The Kier molecular flexibility index (Phi) is 29.8. The summed E-state index contributed by atoms with van der Waals surface area (Å²) in [5, 5.41) is 7.91. The van der Waals surface area contributed by atoms with E-state index < -0.39 is 185 Å². The zero-order valence-electron chi connectivity index (χ0n) is 63.3. The molecule has 3 aliphatic carbocycles. The van der Waals surface area contributed by atoms with E-state index in [0.29, 0.717) is 44.9 Å². The number of hydrogen-bond donors (Lipinski definition) is 3. The van der Waals surface area contributed by atoms with Gasteiger partial charge in [0.1, 0.15) is 59.9 Å². The van der Waals surface area contributed by atoms with Crippen LogP contribution in [0.4, 0.5) is 13.2 Å². The van der Waals surface area contributed by atoms with E-state index in [2.05, 4.69) is 16.0 Å². The van der Waals surface area contributed by atoms with E-state index >= 15 is 24.0 Å². The highest BCUT2D eigenvalue weighted by Crippen LogP contribution is 2.39. The molecule has 10 atom stereocenters. The lowest BCUT2D eigenvalue weighted by Gasteiger charge is -2.45. The van der Waals surface area contributed by atoms with Gasteiger partial charge in [-0.1, -0.05) is 110 Å². The Labute approximate surface area is 610 Å². The first-order valence-electron chi connectivity index (χ1n) is 36.5. The van der Waals surface area contributed by atoms with Crippen molar-refractivity contribution < 1.29 is 75.5 Å². The summed E-state index contributed by atoms with van der Waals surface area (Å²) in [6.45, 7) is 8.21. The Bertz CT molecular complexity index is 3270. The lowest BCUT2D eigenvalue weighted by molar-refractivity contribution is -0.160. The summed E-state index contributed by atoms with van der Waals surface area (Å²) in [5.41, 5.74) is -2.63. The lowest BCUT2D eigenvalue weighted by Crippen LogP contribution is -2.65. The fourth-order valence-electron chi connectivity index (χ4n) is 15.2. The molecule has 3 N–H and O–H groups in total. The normalized spacial score (nSPS) is 26.7. The van der Waals surface area contributed by atoms with Crippen molar-refractivity contribution in [3.63, 3.8) is 0 Å². The van der Waals surface area contributed by atoms with Crippen LogP contribution >= 0.6 is 11.6 Å². The maximum atomic E-state index is 15.7. The van der Waals surface area contributed by atoms with Crippen molar-refractivity contribution in [3.8, 4) is 0 Å². The minimum Gasteiger partial charge on any atom is -0.349 e. The molecule has 1 spiro atoms. The van der Waals surface area contributed by atoms with Crippen molar-refractivity contribution in [2.45, 2.75) is 236 Å². The molecule has 0 unspecified atom stereocenters. The fraction of sp³-hybridized carbons (Fsp3) is 0.740.